The number of benzene rings is 2. The minimum atomic E-state index is -4.94. The fourth-order valence-corrected chi connectivity index (χ4v) is 1.67. The molecular weight excluding hydrogens is 304 g/mol. The Morgan fingerprint density at radius 3 is 2.32 bits per heavy atom. The number of nitrogens with one attached hydrogen (secondary N) is 1. The Labute approximate surface area is 122 Å². The van der Waals surface area contributed by atoms with Gasteiger partial charge in [0.15, 0.2) is 0 Å². The fraction of sp³-hybridized carbons (Fsp3) is 0.0714. The number of nitrogens with two attached hydrogens (primary N) is 1. The summed E-state index contributed by atoms with van der Waals surface area (Å²) >= 11 is 0. The molecule has 0 aliphatic rings. The van der Waals surface area contributed by atoms with Gasteiger partial charge < -0.3 is 15.8 Å². The van der Waals surface area contributed by atoms with Crippen LogP contribution in [0.1, 0.15) is 10.4 Å². The third kappa shape index (κ3) is 4.11. The van der Waals surface area contributed by atoms with Gasteiger partial charge in [0, 0.05) is 11.4 Å². The molecule has 0 unspecified atom stereocenters. The van der Waals surface area contributed by atoms with Crippen LogP contribution >= 0.6 is 0 Å². The van der Waals surface area contributed by atoms with Crippen LogP contribution in [0.5, 0.6) is 5.75 Å². The topological polar surface area (TPSA) is 64.3 Å². The largest absolute Gasteiger partial charge is 0.573 e. The van der Waals surface area contributed by atoms with E-state index in [1.807, 2.05) is 0 Å². The number of alkyl halides is 3. The van der Waals surface area contributed by atoms with Gasteiger partial charge in [0.2, 0.25) is 0 Å². The van der Waals surface area contributed by atoms with Gasteiger partial charge in [0.1, 0.15) is 11.6 Å². The average molecular weight is 314 g/mol. The minimum absolute atomic E-state index is 0.0961. The molecule has 0 aliphatic carbocycles. The molecule has 3 N–H and O–H groups in total. The van der Waals surface area contributed by atoms with E-state index in [0.29, 0.717) is 0 Å². The quantitative estimate of drug-likeness (QED) is 0.672. The first-order chi connectivity index (χ1) is 10.2. The summed E-state index contributed by atoms with van der Waals surface area (Å²) in [5.41, 5.74) is 5.40. The van der Waals surface area contributed by atoms with Crippen LogP contribution in [-0.2, 0) is 0 Å². The monoisotopic (exact) mass is 314 g/mol. The van der Waals surface area contributed by atoms with Crippen molar-refractivity contribution in [3.05, 3.63) is 53.8 Å². The molecule has 116 valence electrons. The molecule has 2 aromatic rings. The summed E-state index contributed by atoms with van der Waals surface area (Å²) in [6.07, 6.45) is -4.94. The van der Waals surface area contributed by atoms with Gasteiger partial charge in [0.05, 0.1) is 5.56 Å². The number of rotatable bonds is 3. The van der Waals surface area contributed by atoms with Crippen molar-refractivity contribution in [2.45, 2.75) is 6.36 Å². The molecule has 22 heavy (non-hydrogen) atoms. The van der Waals surface area contributed by atoms with E-state index in [1.165, 1.54) is 18.2 Å². The van der Waals surface area contributed by atoms with Crippen molar-refractivity contribution >= 4 is 17.3 Å². The lowest BCUT2D eigenvalue weighted by Gasteiger charge is -2.14. The average Bonchev–Trinajstić information content (AvgIpc) is 2.42. The maximum Gasteiger partial charge on any atom is 0.573 e. The molecule has 0 spiro atoms. The molecule has 2 aromatic carbocycles. The summed E-state index contributed by atoms with van der Waals surface area (Å²) in [7, 11) is 0. The maximum atomic E-state index is 12.8. The van der Waals surface area contributed by atoms with Crippen molar-refractivity contribution in [1.29, 1.82) is 0 Å². The maximum absolute atomic E-state index is 12.8. The number of hydrogen-bond donors (Lipinski definition) is 2. The van der Waals surface area contributed by atoms with E-state index in [2.05, 4.69) is 10.1 Å². The predicted octanol–water partition coefficient (Wildman–Crippen LogP) is 3.56. The number of nitrogen functional groups attached to an aromatic ring is 1. The standard InChI is InChI=1S/C14H10F4N2O2/c15-8-1-4-10(5-2-8)20-13(21)11-7-9(19)3-6-12(11)22-14(16,17)18/h1-7H,19H2,(H,20,21). The smallest absolute Gasteiger partial charge is 0.405 e. The third-order valence-electron chi connectivity index (χ3n) is 2.58. The van der Waals surface area contributed by atoms with Gasteiger partial charge >= 0.3 is 6.36 Å². The van der Waals surface area contributed by atoms with E-state index in [9.17, 15) is 22.4 Å². The van der Waals surface area contributed by atoms with Crippen LogP contribution in [0.25, 0.3) is 0 Å². The van der Waals surface area contributed by atoms with Crippen LogP contribution < -0.4 is 15.8 Å². The summed E-state index contributed by atoms with van der Waals surface area (Å²) in [6, 6.07) is 7.91. The summed E-state index contributed by atoms with van der Waals surface area (Å²) < 4.78 is 53.6. The van der Waals surface area contributed by atoms with Gasteiger partial charge in [-0.15, -0.1) is 13.2 Å². The number of carbonyl (C=O) groups is 1. The van der Waals surface area contributed by atoms with Gasteiger partial charge in [0.25, 0.3) is 5.91 Å². The van der Waals surface area contributed by atoms with Crippen LogP contribution in [0.2, 0.25) is 0 Å². The second-order valence-electron chi connectivity index (χ2n) is 4.26. The molecule has 0 aromatic heterocycles. The van der Waals surface area contributed by atoms with Gasteiger partial charge in [-0.1, -0.05) is 0 Å². The van der Waals surface area contributed by atoms with Gasteiger partial charge in [-0.25, -0.2) is 4.39 Å². The second-order valence-corrected chi connectivity index (χ2v) is 4.26. The van der Waals surface area contributed by atoms with E-state index < -0.39 is 23.8 Å². The summed E-state index contributed by atoms with van der Waals surface area (Å²) in [5, 5.41) is 2.33. The molecule has 0 saturated carbocycles. The Bertz CT molecular complexity index is 684. The van der Waals surface area contributed by atoms with Crippen LogP contribution in [-0.4, -0.2) is 12.3 Å². The molecule has 8 heteroatoms. The third-order valence-corrected chi connectivity index (χ3v) is 2.58. The van der Waals surface area contributed by atoms with Crippen molar-refractivity contribution < 1.29 is 27.1 Å². The second kappa shape index (κ2) is 5.92. The molecule has 0 aliphatic heterocycles. The highest BCUT2D eigenvalue weighted by Gasteiger charge is 2.33. The first-order valence-electron chi connectivity index (χ1n) is 5.97. The Balaban J connectivity index is 2.28. The lowest BCUT2D eigenvalue weighted by molar-refractivity contribution is -0.274. The van der Waals surface area contributed by atoms with E-state index in [4.69, 9.17) is 5.73 Å². The molecule has 0 atom stereocenters. The van der Waals surface area contributed by atoms with Crippen molar-refractivity contribution in [3.8, 4) is 5.75 Å². The van der Waals surface area contributed by atoms with Crippen LogP contribution in [0.4, 0.5) is 28.9 Å². The molecule has 4 nitrogen and oxygen atoms in total. The molecule has 0 radical (unpaired) electrons. The van der Waals surface area contributed by atoms with Gasteiger partial charge in [-0.3, -0.25) is 4.79 Å². The zero-order valence-electron chi connectivity index (χ0n) is 10.9. The van der Waals surface area contributed by atoms with E-state index in [0.717, 1.165) is 24.3 Å². The lowest BCUT2D eigenvalue weighted by atomic mass is 10.1. The lowest BCUT2D eigenvalue weighted by Crippen LogP contribution is -2.21. The molecule has 0 saturated heterocycles. The first-order valence-corrected chi connectivity index (χ1v) is 5.97. The Morgan fingerprint density at radius 2 is 1.73 bits per heavy atom. The molecule has 0 fully saturated rings. The van der Waals surface area contributed by atoms with Gasteiger partial charge in [-0.05, 0) is 42.5 Å². The van der Waals surface area contributed by atoms with Crippen LogP contribution in [0.15, 0.2) is 42.5 Å². The number of hydrogen-bond acceptors (Lipinski definition) is 3. The molecular formula is C14H10F4N2O2. The number of halogens is 4. The Kier molecular flexibility index (Phi) is 4.20. The zero-order valence-corrected chi connectivity index (χ0v) is 10.9. The normalized spacial score (nSPS) is 11.1. The minimum Gasteiger partial charge on any atom is -0.405 e. The fourth-order valence-electron chi connectivity index (χ4n) is 1.67. The Morgan fingerprint density at radius 1 is 1.09 bits per heavy atom. The number of ether oxygens (including phenoxy) is 1. The predicted molar refractivity (Wildman–Crippen MR) is 71.9 cm³/mol. The highest BCUT2D eigenvalue weighted by molar-refractivity contribution is 6.06. The van der Waals surface area contributed by atoms with E-state index >= 15 is 0 Å². The van der Waals surface area contributed by atoms with E-state index in [-0.39, 0.29) is 16.9 Å². The van der Waals surface area contributed by atoms with Crippen LogP contribution in [0, 0.1) is 5.82 Å². The Hall–Kier alpha value is -2.77. The van der Waals surface area contributed by atoms with Crippen molar-refractivity contribution in [2.75, 3.05) is 11.1 Å². The number of carbonyl (C=O) groups excluding carboxylic acids is 1. The summed E-state index contributed by atoms with van der Waals surface area (Å²) in [5.74, 6) is -2.05. The van der Waals surface area contributed by atoms with Gasteiger partial charge in [-0.2, -0.15) is 0 Å². The molecule has 1 amide bonds. The molecule has 0 heterocycles. The summed E-state index contributed by atoms with van der Waals surface area (Å²) in [6.45, 7) is 0. The number of anilines is 2. The molecule has 2 rings (SSSR count). The SMILES string of the molecule is Nc1ccc(OC(F)(F)F)c(C(=O)Nc2ccc(F)cc2)c1. The number of amides is 1. The van der Waals surface area contributed by atoms with Crippen molar-refractivity contribution in [1.82, 2.24) is 0 Å². The highest BCUT2D eigenvalue weighted by Crippen LogP contribution is 2.28. The van der Waals surface area contributed by atoms with Crippen LogP contribution in [0.3, 0.4) is 0 Å². The highest BCUT2D eigenvalue weighted by atomic mass is 19.4. The zero-order chi connectivity index (χ0) is 16.3. The van der Waals surface area contributed by atoms with Crippen molar-refractivity contribution in [3.63, 3.8) is 0 Å². The van der Waals surface area contributed by atoms with Crippen molar-refractivity contribution in [2.24, 2.45) is 0 Å². The summed E-state index contributed by atoms with van der Waals surface area (Å²) in [4.78, 5) is 12.1. The van der Waals surface area contributed by atoms with E-state index in [1.54, 1.807) is 0 Å². The first kappa shape index (κ1) is 15.6. The molecule has 0 bridgehead atoms.